The van der Waals surface area contributed by atoms with Crippen LogP contribution in [-0.4, -0.2) is 40.6 Å². The molecule has 5 nitrogen and oxygen atoms in total. The highest BCUT2D eigenvalue weighted by Gasteiger charge is 2.57. The largest absolute Gasteiger partial charge is 0.396 e. The zero-order valence-electron chi connectivity index (χ0n) is 10.4. The number of nitriles is 1. The van der Waals surface area contributed by atoms with Gasteiger partial charge in [0, 0.05) is 11.5 Å². The fraction of sp³-hybridized carbons (Fsp3) is 0.846. The second-order valence-corrected chi connectivity index (χ2v) is 6.04. The summed E-state index contributed by atoms with van der Waals surface area (Å²) in [4.78, 5) is 14.2. The SMILES string of the molecule is N#CC1C[C@@H]2C[C@@H]2N1C(=O)C(N)C1(CO)CCC1. The van der Waals surface area contributed by atoms with Gasteiger partial charge in [-0.05, 0) is 31.6 Å². The molecule has 0 bridgehead atoms. The van der Waals surface area contributed by atoms with Crippen LogP contribution in [0.3, 0.4) is 0 Å². The van der Waals surface area contributed by atoms with Crippen LogP contribution in [0.25, 0.3) is 0 Å². The van der Waals surface area contributed by atoms with E-state index in [2.05, 4.69) is 6.07 Å². The summed E-state index contributed by atoms with van der Waals surface area (Å²) < 4.78 is 0. The van der Waals surface area contributed by atoms with E-state index in [1.807, 2.05) is 0 Å². The summed E-state index contributed by atoms with van der Waals surface area (Å²) in [6, 6.07) is 1.49. The predicted molar refractivity (Wildman–Crippen MR) is 64.1 cm³/mol. The summed E-state index contributed by atoms with van der Waals surface area (Å²) in [5.74, 6) is 0.387. The highest BCUT2D eigenvalue weighted by molar-refractivity contribution is 5.84. The van der Waals surface area contributed by atoms with Gasteiger partial charge in [-0.25, -0.2) is 0 Å². The Morgan fingerprint density at radius 2 is 2.28 bits per heavy atom. The van der Waals surface area contributed by atoms with E-state index >= 15 is 0 Å². The molecule has 1 saturated heterocycles. The minimum atomic E-state index is -0.647. The molecule has 2 unspecified atom stereocenters. The lowest BCUT2D eigenvalue weighted by Crippen LogP contribution is -2.59. The van der Waals surface area contributed by atoms with Crippen LogP contribution in [0.1, 0.15) is 32.1 Å². The lowest BCUT2D eigenvalue weighted by molar-refractivity contribution is -0.140. The minimum Gasteiger partial charge on any atom is -0.396 e. The van der Waals surface area contributed by atoms with Crippen molar-refractivity contribution < 1.29 is 9.90 Å². The van der Waals surface area contributed by atoms with Gasteiger partial charge in [-0.15, -0.1) is 0 Å². The van der Waals surface area contributed by atoms with Gasteiger partial charge < -0.3 is 15.7 Å². The van der Waals surface area contributed by atoms with Crippen molar-refractivity contribution in [1.29, 1.82) is 5.26 Å². The molecule has 4 atom stereocenters. The molecule has 3 aliphatic rings. The maximum Gasteiger partial charge on any atom is 0.241 e. The Balaban J connectivity index is 1.76. The first-order chi connectivity index (χ1) is 8.63. The minimum absolute atomic E-state index is 0.0287. The zero-order valence-corrected chi connectivity index (χ0v) is 10.4. The average Bonchev–Trinajstić information content (AvgIpc) is 2.99. The second kappa shape index (κ2) is 3.94. The van der Waals surface area contributed by atoms with Crippen LogP contribution in [0, 0.1) is 22.7 Å². The number of nitrogens with zero attached hydrogens (tertiary/aromatic N) is 2. The molecule has 1 aliphatic heterocycles. The van der Waals surface area contributed by atoms with Gasteiger partial charge in [0.2, 0.25) is 5.91 Å². The van der Waals surface area contributed by atoms with Crippen molar-refractivity contribution in [3.63, 3.8) is 0 Å². The zero-order chi connectivity index (χ0) is 12.9. The Morgan fingerprint density at radius 1 is 1.56 bits per heavy atom. The van der Waals surface area contributed by atoms with Gasteiger partial charge in [-0.3, -0.25) is 4.79 Å². The number of amides is 1. The number of piperidine rings is 1. The average molecular weight is 249 g/mol. The second-order valence-electron chi connectivity index (χ2n) is 6.04. The van der Waals surface area contributed by atoms with E-state index in [0.717, 1.165) is 32.1 Å². The summed E-state index contributed by atoms with van der Waals surface area (Å²) in [6.07, 6.45) is 4.47. The molecule has 2 saturated carbocycles. The molecular formula is C13H19N3O2. The Labute approximate surface area is 107 Å². The molecule has 3 N–H and O–H groups in total. The monoisotopic (exact) mass is 249 g/mol. The van der Waals surface area contributed by atoms with E-state index in [4.69, 9.17) is 11.0 Å². The molecule has 3 rings (SSSR count). The number of nitrogens with two attached hydrogens (primary N) is 1. The number of hydrogen-bond acceptors (Lipinski definition) is 4. The molecule has 2 aliphatic carbocycles. The number of carbonyl (C=O) groups excluding carboxylic acids is 1. The highest BCUT2D eigenvalue weighted by atomic mass is 16.3. The first-order valence-corrected chi connectivity index (χ1v) is 6.71. The lowest BCUT2D eigenvalue weighted by Gasteiger charge is -2.45. The van der Waals surface area contributed by atoms with Gasteiger partial charge in [0.25, 0.3) is 0 Å². The van der Waals surface area contributed by atoms with Crippen molar-refractivity contribution in [3.8, 4) is 6.07 Å². The van der Waals surface area contributed by atoms with E-state index in [9.17, 15) is 9.90 Å². The lowest BCUT2D eigenvalue weighted by atomic mass is 9.64. The third-order valence-corrected chi connectivity index (χ3v) is 5.10. The molecule has 98 valence electrons. The molecule has 0 aromatic carbocycles. The van der Waals surface area contributed by atoms with E-state index in [0.29, 0.717) is 5.92 Å². The third kappa shape index (κ3) is 1.49. The van der Waals surface area contributed by atoms with Crippen molar-refractivity contribution >= 4 is 5.91 Å². The Morgan fingerprint density at radius 3 is 2.78 bits per heavy atom. The third-order valence-electron chi connectivity index (χ3n) is 5.10. The van der Waals surface area contributed by atoms with Crippen LogP contribution in [0.2, 0.25) is 0 Å². The molecule has 1 amide bonds. The number of likely N-dealkylation sites (tertiary alicyclic amines) is 1. The first-order valence-electron chi connectivity index (χ1n) is 6.71. The molecule has 0 aromatic rings. The predicted octanol–water partition coefficient (Wildman–Crippen LogP) is -0.0107. The van der Waals surface area contributed by atoms with Crippen LogP contribution in [-0.2, 0) is 4.79 Å². The molecule has 18 heavy (non-hydrogen) atoms. The van der Waals surface area contributed by atoms with Crippen molar-refractivity contribution in [2.45, 2.75) is 50.2 Å². The molecule has 5 heteroatoms. The Bertz CT molecular complexity index is 407. The fourth-order valence-corrected chi connectivity index (χ4v) is 3.51. The van der Waals surface area contributed by atoms with Gasteiger partial charge in [0.1, 0.15) is 6.04 Å². The standard InChI is InChI=1S/C13H19N3O2/c14-6-9-4-8-5-10(8)16(9)12(18)11(15)13(7-17)2-1-3-13/h8-11,17H,1-5,7,15H2/t8-,9?,10+,11?/m1/s1. The molecule has 3 fully saturated rings. The molecular weight excluding hydrogens is 230 g/mol. The van der Waals surface area contributed by atoms with Gasteiger partial charge in [0.15, 0.2) is 0 Å². The Kier molecular flexibility index (Phi) is 2.61. The normalized spacial score (nSPS) is 37.4. The molecule has 1 heterocycles. The summed E-state index contributed by atoms with van der Waals surface area (Å²) in [7, 11) is 0. The molecule has 0 spiro atoms. The van der Waals surface area contributed by atoms with Crippen LogP contribution < -0.4 is 5.73 Å². The molecule has 0 radical (unpaired) electrons. The number of carbonyl (C=O) groups is 1. The van der Waals surface area contributed by atoms with Crippen molar-refractivity contribution in [2.24, 2.45) is 17.1 Å². The number of aliphatic hydroxyl groups excluding tert-OH is 1. The summed E-state index contributed by atoms with van der Waals surface area (Å²) in [5.41, 5.74) is 5.66. The summed E-state index contributed by atoms with van der Waals surface area (Å²) >= 11 is 0. The maximum absolute atomic E-state index is 12.5. The van der Waals surface area contributed by atoms with E-state index in [1.165, 1.54) is 0 Å². The number of aliphatic hydroxyl groups is 1. The van der Waals surface area contributed by atoms with E-state index in [1.54, 1.807) is 4.90 Å². The van der Waals surface area contributed by atoms with Crippen LogP contribution in [0.15, 0.2) is 0 Å². The topological polar surface area (TPSA) is 90.4 Å². The van der Waals surface area contributed by atoms with Gasteiger partial charge in [0.05, 0.1) is 18.7 Å². The van der Waals surface area contributed by atoms with Crippen molar-refractivity contribution in [2.75, 3.05) is 6.61 Å². The number of fused-ring (bicyclic) bond motifs is 1. The van der Waals surface area contributed by atoms with E-state index in [-0.39, 0.29) is 24.6 Å². The van der Waals surface area contributed by atoms with E-state index < -0.39 is 11.5 Å². The van der Waals surface area contributed by atoms with Crippen LogP contribution >= 0.6 is 0 Å². The molecule has 0 aromatic heterocycles. The summed E-state index contributed by atoms with van der Waals surface area (Å²) in [6.45, 7) is -0.0287. The Hall–Kier alpha value is -1.12. The number of rotatable bonds is 3. The smallest absolute Gasteiger partial charge is 0.241 e. The highest BCUT2D eigenvalue weighted by Crippen LogP contribution is 2.49. The maximum atomic E-state index is 12.5. The van der Waals surface area contributed by atoms with Crippen LogP contribution in [0.4, 0.5) is 0 Å². The van der Waals surface area contributed by atoms with Crippen molar-refractivity contribution in [1.82, 2.24) is 4.90 Å². The summed E-state index contributed by atoms with van der Waals surface area (Å²) in [5, 5.41) is 18.6. The van der Waals surface area contributed by atoms with Gasteiger partial charge in [-0.2, -0.15) is 5.26 Å². The van der Waals surface area contributed by atoms with Crippen molar-refractivity contribution in [3.05, 3.63) is 0 Å². The quantitative estimate of drug-likeness (QED) is 0.736. The number of hydrogen-bond donors (Lipinski definition) is 2. The van der Waals surface area contributed by atoms with Gasteiger partial charge >= 0.3 is 0 Å². The first kappa shape index (κ1) is 11.9. The van der Waals surface area contributed by atoms with Crippen LogP contribution in [0.5, 0.6) is 0 Å². The van der Waals surface area contributed by atoms with Gasteiger partial charge in [-0.1, -0.05) is 6.42 Å². The fourth-order valence-electron chi connectivity index (χ4n) is 3.51.